The molecule has 0 saturated carbocycles. The van der Waals surface area contributed by atoms with Crippen molar-refractivity contribution < 1.29 is 59.9 Å². The third-order valence-electron chi connectivity index (χ3n) is 8.94. The quantitative estimate of drug-likeness (QED) is 0.133. The van der Waals surface area contributed by atoms with E-state index in [0.717, 1.165) is 6.07 Å². The lowest BCUT2D eigenvalue weighted by atomic mass is 9.85. The number of hydrogen-bond donors (Lipinski definition) is 8. The summed E-state index contributed by atoms with van der Waals surface area (Å²) in [5, 5.41) is 82.0. The van der Waals surface area contributed by atoms with Gasteiger partial charge in [-0.1, -0.05) is 0 Å². The van der Waals surface area contributed by atoms with E-state index in [2.05, 4.69) is 0 Å². The molecular formula is C32H26O16. The first-order valence-electron chi connectivity index (χ1n) is 14.4. The van der Waals surface area contributed by atoms with Crippen molar-refractivity contribution in [2.45, 2.75) is 63.3 Å². The molecule has 8 N–H and O–H groups in total. The fraction of sp³-hybridized carbons (Fsp3) is 0.312. The van der Waals surface area contributed by atoms with Gasteiger partial charge in [0.25, 0.3) is 0 Å². The molecule has 0 aromatic heterocycles. The van der Waals surface area contributed by atoms with Crippen LogP contribution in [0.1, 0.15) is 73.4 Å². The maximum atomic E-state index is 13.9. The Morgan fingerprint density at radius 3 is 1.69 bits per heavy atom. The Morgan fingerprint density at radius 1 is 0.625 bits per heavy atom. The van der Waals surface area contributed by atoms with Crippen LogP contribution in [0.3, 0.4) is 0 Å². The average Bonchev–Trinajstić information content (AvgIpc) is 2.99. The molecule has 0 saturated heterocycles. The summed E-state index contributed by atoms with van der Waals surface area (Å²) in [6.07, 6.45) is -10.6. The molecule has 16 nitrogen and oxygen atoms in total. The fourth-order valence-corrected chi connectivity index (χ4v) is 6.91. The Hall–Kier alpha value is -5.42. The predicted molar refractivity (Wildman–Crippen MR) is 160 cm³/mol. The van der Waals surface area contributed by atoms with E-state index < -0.39 is 155 Å². The van der Waals surface area contributed by atoms with Crippen LogP contribution in [-0.4, -0.2) is 65.0 Å². The summed E-state index contributed by atoms with van der Waals surface area (Å²) >= 11 is 0. The fourth-order valence-electron chi connectivity index (χ4n) is 6.91. The lowest BCUT2D eigenvalue weighted by molar-refractivity contribution is -0.149. The molecule has 0 radical (unpaired) electrons. The second-order valence-electron chi connectivity index (χ2n) is 11.8. The summed E-state index contributed by atoms with van der Waals surface area (Å²) in [4.78, 5) is 77.2. The average molecular weight is 667 g/mol. The number of aliphatic carboxylic acids is 2. The Kier molecular flexibility index (Phi) is 7.51. The number of ether oxygens (including phenoxy) is 2. The molecule has 0 bridgehead atoms. The monoisotopic (exact) mass is 666 g/mol. The van der Waals surface area contributed by atoms with Crippen molar-refractivity contribution in [3.63, 3.8) is 0 Å². The minimum atomic E-state index is -1.97. The molecule has 6 atom stereocenters. The normalized spacial score (nSPS) is 23.6. The van der Waals surface area contributed by atoms with Crippen LogP contribution in [-0.2, 0) is 19.1 Å². The molecule has 0 amide bonds. The van der Waals surface area contributed by atoms with Crippen LogP contribution in [0.2, 0.25) is 0 Å². The van der Waals surface area contributed by atoms with Gasteiger partial charge in [0, 0.05) is 33.4 Å². The van der Waals surface area contributed by atoms with Gasteiger partial charge in [-0.05, 0) is 26.0 Å². The summed E-state index contributed by atoms with van der Waals surface area (Å²) in [6.45, 7) is 2.68. The third-order valence-corrected chi connectivity index (χ3v) is 8.94. The summed E-state index contributed by atoms with van der Waals surface area (Å²) in [5.41, 5.74) is -7.98. The summed E-state index contributed by atoms with van der Waals surface area (Å²) < 4.78 is 11.0. The standard InChI is InChI=1S/C32H26O16/c1-7-17-21(27(41)13(47-7)5-15(35)36)31(45)23-19(29(17)43)11(33)3-9(25(23)39)10-4-12(34)20-24(26(10)40)32(46)22-18(30(20)44)8(2)48-14(28(22)42)6-16(37)38/h3-4,7-8,13-14,27-28,33,39,41-43,45H,5-6H2,1-2H3,(H,35,36)(H,37,38). The number of carbonyl (C=O) groups is 2. The van der Waals surface area contributed by atoms with E-state index in [1.165, 1.54) is 13.8 Å². The zero-order valence-electron chi connectivity index (χ0n) is 24.9. The predicted octanol–water partition coefficient (Wildman–Crippen LogP) is 0.306. The summed E-state index contributed by atoms with van der Waals surface area (Å²) in [6, 6.07) is 1.36. The highest BCUT2D eigenvalue weighted by Gasteiger charge is 2.41. The highest BCUT2D eigenvalue weighted by atomic mass is 16.5. The molecule has 16 heteroatoms. The lowest BCUT2D eigenvalue weighted by Crippen LogP contribution is -2.42. The molecular weight excluding hydrogens is 640 g/mol. The number of fused-ring (bicyclic) bond motifs is 3. The largest absolute Gasteiger partial charge is 0.507 e. The van der Waals surface area contributed by atoms with E-state index in [1.54, 1.807) is 0 Å². The molecule has 0 fully saturated rings. The number of carboxylic acids is 2. The summed E-state index contributed by atoms with van der Waals surface area (Å²) in [7, 11) is 0. The molecule has 2 aromatic carbocycles. The highest BCUT2D eigenvalue weighted by molar-refractivity contribution is 6.07. The van der Waals surface area contributed by atoms with Crippen molar-refractivity contribution in [2.75, 3.05) is 0 Å². The molecule has 6 rings (SSSR count). The van der Waals surface area contributed by atoms with Crippen molar-refractivity contribution in [1.82, 2.24) is 0 Å². The van der Waals surface area contributed by atoms with Gasteiger partial charge in [-0.3, -0.25) is 28.8 Å². The van der Waals surface area contributed by atoms with E-state index in [0.29, 0.717) is 6.07 Å². The number of benzene rings is 2. The number of rotatable bonds is 5. The van der Waals surface area contributed by atoms with Crippen molar-refractivity contribution in [3.8, 4) is 34.1 Å². The molecule has 2 aliphatic heterocycles. The van der Waals surface area contributed by atoms with Gasteiger partial charge < -0.3 is 50.3 Å². The lowest BCUT2D eigenvalue weighted by Gasteiger charge is -2.35. The molecule has 6 unspecified atom stereocenters. The zero-order chi connectivity index (χ0) is 35.3. The number of carboxylic acid groups (broad SMARTS) is 2. The molecule has 48 heavy (non-hydrogen) atoms. The first-order chi connectivity index (χ1) is 22.5. The number of phenolic OH excluding ortho intramolecular Hbond substituents is 4. The van der Waals surface area contributed by atoms with Crippen molar-refractivity contribution in [1.29, 1.82) is 0 Å². The maximum absolute atomic E-state index is 13.9. The van der Waals surface area contributed by atoms with Crippen LogP contribution >= 0.6 is 0 Å². The first-order valence-corrected chi connectivity index (χ1v) is 14.4. The van der Waals surface area contributed by atoms with Gasteiger partial charge in [-0.25, -0.2) is 0 Å². The number of hydrogen-bond acceptors (Lipinski definition) is 14. The van der Waals surface area contributed by atoms with Crippen LogP contribution in [0, 0.1) is 10.4 Å². The molecule has 250 valence electrons. The maximum Gasteiger partial charge on any atom is 0.306 e. The van der Waals surface area contributed by atoms with Crippen LogP contribution in [0.5, 0.6) is 23.0 Å². The number of aliphatic hydroxyl groups excluding tert-OH is 2. The number of aromatic hydroxyl groups is 4. The van der Waals surface area contributed by atoms with Crippen LogP contribution in [0.25, 0.3) is 21.9 Å². The summed E-state index contributed by atoms with van der Waals surface area (Å²) in [5.74, 6) is -6.33. The first kappa shape index (κ1) is 32.5. The molecule has 2 aromatic rings. The van der Waals surface area contributed by atoms with Crippen LogP contribution in [0.4, 0.5) is 0 Å². The van der Waals surface area contributed by atoms with Crippen molar-refractivity contribution in [2.24, 2.45) is 0 Å². The minimum absolute atomic E-state index is 0.227. The Morgan fingerprint density at radius 2 is 1.12 bits per heavy atom. The van der Waals surface area contributed by atoms with E-state index in [-0.39, 0.29) is 5.56 Å². The second kappa shape index (κ2) is 11.1. The zero-order valence-corrected chi connectivity index (χ0v) is 24.9. The smallest absolute Gasteiger partial charge is 0.306 e. The van der Waals surface area contributed by atoms with Gasteiger partial charge in [0.1, 0.15) is 35.2 Å². The van der Waals surface area contributed by atoms with Crippen LogP contribution in [0.15, 0.2) is 31.3 Å². The molecule has 2 aliphatic carbocycles. The van der Waals surface area contributed by atoms with Gasteiger partial charge in [0.15, 0.2) is 21.7 Å². The molecule has 4 aliphatic rings. The van der Waals surface area contributed by atoms with Gasteiger partial charge in [0.2, 0.25) is 0 Å². The Labute approximate surface area is 265 Å². The SMILES string of the molecule is CC1OC(CC(=O)O)C(O)c2c1c(O)c1c(O)cc(-c3cc(=O)c4c(=O)c5c(c(=O)c=4c3=O)C(O)C(CC(=O)O)OC5C)c(O)c1c2O. The number of aliphatic hydroxyl groups is 2. The minimum Gasteiger partial charge on any atom is -0.507 e. The Bertz CT molecular complexity index is 2370. The van der Waals surface area contributed by atoms with Gasteiger partial charge >= 0.3 is 11.9 Å². The van der Waals surface area contributed by atoms with Gasteiger partial charge in [-0.15, -0.1) is 0 Å². The molecule has 2 heterocycles. The highest BCUT2D eigenvalue weighted by Crippen LogP contribution is 2.56. The van der Waals surface area contributed by atoms with E-state index in [4.69, 9.17) is 9.47 Å². The van der Waals surface area contributed by atoms with E-state index in [1.807, 2.05) is 0 Å². The molecule has 0 spiro atoms. The van der Waals surface area contributed by atoms with E-state index >= 15 is 0 Å². The topological polar surface area (TPSA) is 283 Å². The van der Waals surface area contributed by atoms with Crippen molar-refractivity contribution >= 4 is 22.7 Å². The van der Waals surface area contributed by atoms with E-state index in [9.17, 15) is 69.6 Å². The number of phenols is 4. The second-order valence-corrected chi connectivity index (χ2v) is 11.8. The van der Waals surface area contributed by atoms with Gasteiger partial charge in [-0.2, -0.15) is 0 Å². The Balaban J connectivity index is 1.67. The third kappa shape index (κ3) is 4.52. The van der Waals surface area contributed by atoms with Crippen LogP contribution < -0.4 is 21.7 Å². The van der Waals surface area contributed by atoms with Gasteiger partial charge in [0.05, 0.1) is 58.5 Å². The van der Waals surface area contributed by atoms with Crippen molar-refractivity contribution in [3.05, 3.63) is 85.7 Å².